The molecule has 2 heteroatoms. The Balaban J connectivity index is 0.00000141. The van der Waals surface area contributed by atoms with Gasteiger partial charge in [-0.1, -0.05) is 98.8 Å². The van der Waals surface area contributed by atoms with E-state index in [9.17, 15) is 0 Å². The molecule has 1 heterocycles. The van der Waals surface area contributed by atoms with Crippen molar-refractivity contribution in [3.8, 4) is 16.9 Å². The Morgan fingerprint density at radius 3 is 1.81 bits per heavy atom. The van der Waals surface area contributed by atoms with E-state index in [4.69, 9.17) is 12.6 Å². The Kier molecular flexibility index (Phi) is 5.90. The highest BCUT2D eigenvalue weighted by Gasteiger charge is 2.52. The molecule has 1 atom stereocenters. The van der Waals surface area contributed by atoms with Crippen LogP contribution in [0.3, 0.4) is 0 Å². The zero-order valence-corrected chi connectivity index (χ0v) is 25.8. The van der Waals surface area contributed by atoms with Crippen LogP contribution in [-0.4, -0.2) is 13.3 Å². The summed E-state index contributed by atoms with van der Waals surface area (Å²) in [5.41, 5.74) is 15.9. The molecule has 5 aromatic carbocycles. The molecule has 42 heavy (non-hydrogen) atoms. The summed E-state index contributed by atoms with van der Waals surface area (Å²) in [5, 5.41) is 2.49. The van der Waals surface area contributed by atoms with Crippen LogP contribution in [0.25, 0.3) is 28.0 Å². The zero-order chi connectivity index (χ0) is 29.6. The van der Waals surface area contributed by atoms with Gasteiger partial charge in [-0.15, -0.1) is 0 Å². The van der Waals surface area contributed by atoms with Gasteiger partial charge in [0.1, 0.15) is 13.6 Å². The van der Waals surface area contributed by atoms with Gasteiger partial charge in [0.15, 0.2) is 0 Å². The molecule has 0 saturated heterocycles. The highest BCUT2D eigenvalue weighted by atomic mass is 16.5. The predicted octanol–water partition coefficient (Wildman–Crippen LogP) is 9.66. The van der Waals surface area contributed by atoms with Crippen molar-refractivity contribution in [2.24, 2.45) is 0 Å². The van der Waals surface area contributed by atoms with Gasteiger partial charge >= 0.3 is 0 Å². The molecule has 1 nitrogen and oxygen atoms in total. The van der Waals surface area contributed by atoms with Crippen molar-refractivity contribution >= 4 is 24.7 Å². The molecule has 0 N–H and O–H groups in total. The van der Waals surface area contributed by atoms with E-state index in [1.54, 1.807) is 0 Å². The lowest BCUT2D eigenvalue weighted by atomic mass is 9.60. The van der Waals surface area contributed by atoms with Crippen LogP contribution in [0.2, 0.25) is 0 Å². The zero-order valence-electron chi connectivity index (χ0n) is 25.8. The molecule has 1 spiro atoms. The van der Waals surface area contributed by atoms with Crippen LogP contribution in [0.1, 0.15) is 82.0 Å². The Hall–Kier alpha value is -4.04. The molecule has 0 bridgehead atoms. The average molecular weight is 545 g/mol. The van der Waals surface area contributed by atoms with E-state index in [1.165, 1.54) is 77.5 Å². The number of ether oxygens (including phenoxy) is 1. The van der Waals surface area contributed by atoms with Gasteiger partial charge in [-0.05, 0) is 113 Å². The molecule has 1 unspecified atom stereocenters. The maximum atomic E-state index is 6.79. The van der Waals surface area contributed by atoms with Gasteiger partial charge in [0.2, 0.25) is 0 Å². The van der Waals surface area contributed by atoms with Gasteiger partial charge in [0.05, 0.1) is 10.9 Å². The predicted molar refractivity (Wildman–Crippen MR) is 178 cm³/mol. The highest BCUT2D eigenvalue weighted by molar-refractivity contribution is 6.18. The van der Waals surface area contributed by atoms with Crippen molar-refractivity contribution in [2.45, 2.75) is 65.8 Å². The minimum atomic E-state index is -0.881. The van der Waals surface area contributed by atoms with Gasteiger partial charge in [-0.3, -0.25) is 0 Å². The second kappa shape index (κ2) is 9.23. The highest BCUT2D eigenvalue weighted by Crippen LogP contribution is 2.64. The largest absolute Gasteiger partial charge is 0.492 e. The van der Waals surface area contributed by atoms with Crippen LogP contribution in [0.15, 0.2) is 78.9 Å². The van der Waals surface area contributed by atoms with E-state index in [-0.39, 0.29) is 0 Å². The van der Waals surface area contributed by atoms with Crippen molar-refractivity contribution in [1.82, 2.24) is 0 Å². The van der Waals surface area contributed by atoms with Crippen molar-refractivity contribution < 1.29 is 4.74 Å². The number of aryl methyl sites for hydroxylation is 2. The summed E-state index contributed by atoms with van der Waals surface area (Å²) in [5.74, 6) is 0.915. The van der Waals surface area contributed by atoms with Crippen LogP contribution < -0.4 is 4.74 Å². The third-order valence-corrected chi connectivity index (χ3v) is 10.0. The third-order valence-electron chi connectivity index (χ3n) is 10.0. The first-order valence-electron chi connectivity index (χ1n) is 15.3. The van der Waals surface area contributed by atoms with E-state index in [0.717, 1.165) is 17.7 Å². The minimum Gasteiger partial charge on any atom is -0.492 e. The van der Waals surface area contributed by atoms with Crippen molar-refractivity contribution in [3.63, 3.8) is 0 Å². The Morgan fingerprint density at radius 2 is 1.19 bits per heavy atom. The number of hydrogen-bond acceptors (Lipinski definition) is 1. The van der Waals surface area contributed by atoms with Crippen molar-refractivity contribution in [1.29, 1.82) is 0 Å². The van der Waals surface area contributed by atoms with E-state index in [2.05, 4.69) is 107 Å². The average Bonchev–Trinajstić information content (AvgIpc) is 3.30. The van der Waals surface area contributed by atoms with E-state index >= 15 is 0 Å². The fraction of sp³-hybridized carbons (Fsp3) is 0.250. The fourth-order valence-electron chi connectivity index (χ4n) is 8.00. The molecule has 206 valence electrons. The lowest BCUT2D eigenvalue weighted by molar-refractivity contribution is 0.227. The summed E-state index contributed by atoms with van der Waals surface area (Å²) >= 11 is 0. The van der Waals surface area contributed by atoms with E-state index < -0.39 is 10.9 Å². The first-order chi connectivity index (χ1) is 20.3. The molecule has 0 amide bonds. The Labute approximate surface area is 251 Å². The lowest BCUT2D eigenvalue weighted by Crippen LogP contribution is -2.36. The summed E-state index contributed by atoms with van der Waals surface area (Å²) in [6.45, 7) is 15.0. The second-order valence-electron chi connectivity index (χ2n) is 12.1. The van der Waals surface area contributed by atoms with Gasteiger partial charge in [-0.2, -0.15) is 0 Å². The molecule has 2 radical (unpaired) electrons. The number of rotatable bonds is 0. The summed E-state index contributed by atoms with van der Waals surface area (Å²) in [6.07, 6.45) is 5.21. The minimum absolute atomic E-state index is 0.454. The van der Waals surface area contributed by atoms with Crippen LogP contribution in [0.4, 0.5) is 0 Å². The molecule has 3 aliphatic rings. The van der Waals surface area contributed by atoms with Gasteiger partial charge in [0.25, 0.3) is 0 Å². The van der Waals surface area contributed by atoms with Gasteiger partial charge in [0, 0.05) is 10.9 Å². The number of hydrogen-bond donors (Lipinski definition) is 0. The first kappa shape index (κ1) is 26.8. The molecule has 0 saturated carbocycles. The SMILES string of the molecule is CC.[B]C1(C)C=Cc2c3c(c4c(C)c(C)c(C)c(C)c4c2O1)-c1ccccc1C31c2ccccc2Cc2ccccc21. The Morgan fingerprint density at radius 1 is 0.667 bits per heavy atom. The number of fused-ring (bicyclic) bond motifs is 14. The molecule has 0 aromatic heterocycles. The lowest BCUT2D eigenvalue weighted by Gasteiger charge is -2.42. The molecule has 8 rings (SSSR count). The third kappa shape index (κ3) is 3.27. The molecule has 1 aliphatic heterocycles. The van der Waals surface area contributed by atoms with Gasteiger partial charge in [-0.25, -0.2) is 0 Å². The maximum absolute atomic E-state index is 6.79. The monoisotopic (exact) mass is 544 g/mol. The second-order valence-corrected chi connectivity index (χ2v) is 12.1. The standard InChI is InChI=1S/C38H31BO.C2H6/c1-21-22(2)24(4)33-32(23(21)3)34-27-14-8-11-17-31(27)38(35(34)28-18-19-37(5,39)40-36(28)33)29-15-9-6-12-25(29)20-26-13-7-10-16-30(26)38;1-2/h6-19H,20H2,1-5H3;1-2H3. The summed E-state index contributed by atoms with van der Waals surface area (Å²) in [7, 11) is 6.68. The van der Waals surface area contributed by atoms with Crippen LogP contribution in [-0.2, 0) is 11.8 Å². The van der Waals surface area contributed by atoms with E-state index in [0.29, 0.717) is 0 Å². The van der Waals surface area contributed by atoms with Gasteiger partial charge < -0.3 is 4.74 Å². The molecular formula is C40H37BO. The first-order valence-corrected chi connectivity index (χ1v) is 15.3. The maximum Gasteiger partial charge on any atom is 0.137 e. The van der Waals surface area contributed by atoms with Crippen molar-refractivity contribution in [3.05, 3.63) is 140 Å². The van der Waals surface area contributed by atoms with Crippen LogP contribution in [0, 0.1) is 27.7 Å². The molecular weight excluding hydrogens is 507 g/mol. The van der Waals surface area contributed by atoms with E-state index in [1.807, 2.05) is 26.8 Å². The normalized spacial score (nSPS) is 18.3. The summed E-state index contributed by atoms with van der Waals surface area (Å²) in [4.78, 5) is 0. The smallest absolute Gasteiger partial charge is 0.137 e. The Bertz CT molecular complexity index is 1930. The fourth-order valence-corrected chi connectivity index (χ4v) is 8.00. The van der Waals surface area contributed by atoms with Crippen LogP contribution in [0.5, 0.6) is 5.75 Å². The molecule has 0 fully saturated rings. The molecule has 2 aliphatic carbocycles. The topological polar surface area (TPSA) is 9.23 Å². The quantitative estimate of drug-likeness (QED) is 0.173. The summed E-state index contributed by atoms with van der Waals surface area (Å²) < 4.78 is 6.79. The summed E-state index contributed by atoms with van der Waals surface area (Å²) in [6, 6.07) is 27.2. The van der Waals surface area contributed by atoms with Crippen molar-refractivity contribution in [2.75, 3.05) is 0 Å². The number of benzene rings is 5. The molecule has 5 aromatic rings. The van der Waals surface area contributed by atoms with Crippen LogP contribution >= 0.6 is 0 Å².